The third-order valence-electron chi connectivity index (χ3n) is 2.75. The maximum absolute atomic E-state index is 5.33. The quantitative estimate of drug-likeness (QED) is 0.783. The van der Waals surface area contributed by atoms with E-state index in [-0.39, 0.29) is 0 Å². The molecule has 1 aromatic rings. The van der Waals surface area contributed by atoms with Crippen LogP contribution in [0.4, 0.5) is 0 Å². The lowest BCUT2D eigenvalue weighted by Crippen LogP contribution is -2.24. The minimum Gasteiger partial charge on any atom is -0.373 e. The van der Waals surface area contributed by atoms with Crippen molar-refractivity contribution in [2.45, 2.75) is 38.6 Å². The molecule has 0 saturated heterocycles. The van der Waals surface area contributed by atoms with E-state index < -0.39 is 0 Å². The van der Waals surface area contributed by atoms with Crippen molar-refractivity contribution < 1.29 is 0 Å². The average Bonchev–Trinajstić information content (AvgIpc) is 3.02. The van der Waals surface area contributed by atoms with E-state index in [1.165, 1.54) is 18.4 Å². The van der Waals surface area contributed by atoms with E-state index >= 15 is 0 Å². The molecule has 1 aliphatic carbocycles. The van der Waals surface area contributed by atoms with Crippen molar-refractivity contribution in [3.63, 3.8) is 0 Å². The molecule has 80 valence electrons. The molecule has 0 aromatic heterocycles. The summed E-state index contributed by atoms with van der Waals surface area (Å²) in [6, 6.07) is 9.21. The highest BCUT2D eigenvalue weighted by atomic mass is 32.1. The number of hydrogen-bond donors (Lipinski definition) is 1. The normalized spacial score (nSPS) is 15.4. The van der Waals surface area contributed by atoms with Crippen molar-refractivity contribution in [2.75, 3.05) is 0 Å². The van der Waals surface area contributed by atoms with Gasteiger partial charge in [0.05, 0.1) is 0 Å². The van der Waals surface area contributed by atoms with Crippen LogP contribution in [0, 0.1) is 0 Å². The van der Waals surface area contributed by atoms with Crippen LogP contribution in [-0.2, 0) is 0 Å². The zero-order chi connectivity index (χ0) is 10.8. The van der Waals surface area contributed by atoms with E-state index in [1.54, 1.807) is 0 Å². The van der Waals surface area contributed by atoms with Crippen LogP contribution in [-0.4, -0.2) is 11.0 Å². The second-order valence-electron chi connectivity index (χ2n) is 4.52. The van der Waals surface area contributed by atoms with Crippen LogP contribution in [0.5, 0.6) is 0 Å². The Hall–Kier alpha value is -0.890. The van der Waals surface area contributed by atoms with Gasteiger partial charge in [0.1, 0.15) is 4.99 Å². The Morgan fingerprint density at radius 3 is 2.33 bits per heavy atom. The topological polar surface area (TPSA) is 12.0 Å². The number of nitrogens with one attached hydrogen (secondary N) is 1. The maximum Gasteiger partial charge on any atom is 0.106 e. The molecule has 1 nitrogen and oxygen atoms in total. The number of rotatable bonds is 3. The smallest absolute Gasteiger partial charge is 0.106 e. The van der Waals surface area contributed by atoms with Crippen molar-refractivity contribution in [2.24, 2.45) is 0 Å². The third kappa shape index (κ3) is 2.78. The molecular formula is C13H17NS. The fraction of sp³-hybridized carbons (Fsp3) is 0.462. The van der Waals surface area contributed by atoms with E-state index in [0.29, 0.717) is 12.0 Å². The second kappa shape index (κ2) is 4.31. The van der Waals surface area contributed by atoms with E-state index in [1.807, 2.05) is 0 Å². The van der Waals surface area contributed by atoms with Gasteiger partial charge in [0.25, 0.3) is 0 Å². The molecule has 1 saturated carbocycles. The van der Waals surface area contributed by atoms with Gasteiger partial charge in [0, 0.05) is 11.6 Å². The fourth-order valence-electron chi connectivity index (χ4n) is 1.52. The van der Waals surface area contributed by atoms with Gasteiger partial charge in [-0.2, -0.15) is 0 Å². The minimum atomic E-state index is 0.587. The summed E-state index contributed by atoms with van der Waals surface area (Å²) in [6.07, 6.45) is 2.54. The number of hydrogen-bond acceptors (Lipinski definition) is 1. The Balaban J connectivity index is 2.04. The van der Waals surface area contributed by atoms with E-state index in [0.717, 1.165) is 10.6 Å². The maximum atomic E-state index is 5.33. The van der Waals surface area contributed by atoms with Crippen LogP contribution < -0.4 is 5.32 Å². The van der Waals surface area contributed by atoms with Crippen molar-refractivity contribution in [3.8, 4) is 0 Å². The highest BCUT2D eigenvalue weighted by molar-refractivity contribution is 7.80. The SMILES string of the molecule is CC(C)c1ccc(C(=S)NC2CC2)cc1. The van der Waals surface area contributed by atoms with Crippen LogP contribution in [0.15, 0.2) is 24.3 Å². The molecule has 1 aromatic carbocycles. The fourth-order valence-corrected chi connectivity index (χ4v) is 1.82. The predicted molar refractivity (Wildman–Crippen MR) is 68.4 cm³/mol. The lowest BCUT2D eigenvalue weighted by Gasteiger charge is -2.09. The summed E-state index contributed by atoms with van der Waals surface area (Å²) >= 11 is 5.33. The molecule has 1 N–H and O–H groups in total. The summed E-state index contributed by atoms with van der Waals surface area (Å²) in [5.41, 5.74) is 2.51. The molecule has 0 amide bonds. The summed E-state index contributed by atoms with van der Waals surface area (Å²) in [7, 11) is 0. The molecule has 0 heterocycles. The highest BCUT2D eigenvalue weighted by Crippen LogP contribution is 2.20. The summed E-state index contributed by atoms with van der Waals surface area (Å²) in [4.78, 5) is 0.896. The minimum absolute atomic E-state index is 0.587. The number of benzene rings is 1. The Morgan fingerprint density at radius 1 is 1.27 bits per heavy atom. The van der Waals surface area contributed by atoms with Gasteiger partial charge in [-0.3, -0.25) is 0 Å². The zero-order valence-corrected chi connectivity index (χ0v) is 10.1. The van der Waals surface area contributed by atoms with Crippen LogP contribution in [0.2, 0.25) is 0 Å². The molecule has 1 aliphatic rings. The molecule has 0 aliphatic heterocycles. The Labute approximate surface area is 96.9 Å². The monoisotopic (exact) mass is 219 g/mol. The van der Waals surface area contributed by atoms with Crippen molar-refractivity contribution >= 4 is 17.2 Å². The van der Waals surface area contributed by atoms with Crippen molar-refractivity contribution in [1.82, 2.24) is 5.32 Å². The molecule has 0 unspecified atom stereocenters. The molecular weight excluding hydrogens is 202 g/mol. The first kappa shape index (κ1) is 10.6. The largest absolute Gasteiger partial charge is 0.373 e. The predicted octanol–water partition coefficient (Wildman–Crippen LogP) is 3.24. The zero-order valence-electron chi connectivity index (χ0n) is 9.29. The summed E-state index contributed by atoms with van der Waals surface area (Å²) in [5.74, 6) is 0.587. The Morgan fingerprint density at radius 2 is 1.87 bits per heavy atom. The van der Waals surface area contributed by atoms with E-state index in [2.05, 4.69) is 43.4 Å². The molecule has 0 radical (unpaired) electrons. The standard InChI is InChI=1S/C13H17NS/c1-9(2)10-3-5-11(6-4-10)13(15)14-12-7-8-12/h3-6,9,12H,7-8H2,1-2H3,(H,14,15). The van der Waals surface area contributed by atoms with Gasteiger partial charge in [-0.25, -0.2) is 0 Å². The van der Waals surface area contributed by atoms with Gasteiger partial charge in [-0.15, -0.1) is 0 Å². The average molecular weight is 219 g/mol. The van der Waals surface area contributed by atoms with Crippen molar-refractivity contribution in [3.05, 3.63) is 35.4 Å². The third-order valence-corrected chi connectivity index (χ3v) is 3.11. The van der Waals surface area contributed by atoms with E-state index in [9.17, 15) is 0 Å². The summed E-state index contributed by atoms with van der Waals surface area (Å²) < 4.78 is 0. The number of thiocarbonyl (C=S) groups is 1. The van der Waals surface area contributed by atoms with Gasteiger partial charge < -0.3 is 5.32 Å². The van der Waals surface area contributed by atoms with Crippen LogP contribution in [0.25, 0.3) is 0 Å². The van der Waals surface area contributed by atoms with Gasteiger partial charge in [-0.1, -0.05) is 50.3 Å². The van der Waals surface area contributed by atoms with Gasteiger partial charge in [0.2, 0.25) is 0 Å². The van der Waals surface area contributed by atoms with Gasteiger partial charge in [0.15, 0.2) is 0 Å². The molecule has 0 spiro atoms. The Kier molecular flexibility index (Phi) is 3.06. The molecule has 1 fully saturated rings. The van der Waals surface area contributed by atoms with E-state index in [4.69, 9.17) is 12.2 Å². The lowest BCUT2D eigenvalue weighted by atomic mass is 10.0. The molecule has 15 heavy (non-hydrogen) atoms. The molecule has 2 rings (SSSR count). The molecule has 0 bridgehead atoms. The first-order valence-corrected chi connectivity index (χ1v) is 5.98. The first-order chi connectivity index (χ1) is 7.16. The van der Waals surface area contributed by atoms with Gasteiger partial charge >= 0.3 is 0 Å². The lowest BCUT2D eigenvalue weighted by molar-refractivity contribution is 0.866. The first-order valence-electron chi connectivity index (χ1n) is 5.57. The summed E-state index contributed by atoms with van der Waals surface area (Å²) in [5, 5.41) is 3.35. The van der Waals surface area contributed by atoms with Crippen LogP contribution in [0.1, 0.15) is 43.7 Å². The summed E-state index contributed by atoms with van der Waals surface area (Å²) in [6.45, 7) is 4.41. The van der Waals surface area contributed by atoms with Gasteiger partial charge in [-0.05, 0) is 24.3 Å². The molecule has 2 heteroatoms. The van der Waals surface area contributed by atoms with Crippen molar-refractivity contribution in [1.29, 1.82) is 0 Å². The highest BCUT2D eigenvalue weighted by Gasteiger charge is 2.22. The second-order valence-corrected chi connectivity index (χ2v) is 4.93. The van der Waals surface area contributed by atoms with Crippen LogP contribution >= 0.6 is 12.2 Å². The molecule has 0 atom stereocenters. The van der Waals surface area contributed by atoms with Crippen LogP contribution in [0.3, 0.4) is 0 Å². The Bertz CT molecular complexity index is 349.